The summed E-state index contributed by atoms with van der Waals surface area (Å²) in [5.41, 5.74) is 3.98. The van der Waals surface area contributed by atoms with Crippen LogP contribution in [0.4, 0.5) is 0 Å². The van der Waals surface area contributed by atoms with E-state index in [0.29, 0.717) is 0 Å². The molecule has 1 N–H and O–H groups in total. The first kappa shape index (κ1) is 13.6. The average Bonchev–Trinajstić information content (AvgIpc) is 2.95. The van der Waals surface area contributed by atoms with Crippen molar-refractivity contribution >= 4 is 29.0 Å². The normalized spacial score (nSPS) is 11.9. The zero-order chi connectivity index (χ0) is 14.5. The van der Waals surface area contributed by atoms with Crippen LogP contribution in [-0.4, -0.2) is 27.4 Å². The quantitative estimate of drug-likeness (QED) is 0.743. The molecule has 0 aliphatic heterocycles. The minimum absolute atomic E-state index is 0.859. The third-order valence-electron chi connectivity index (χ3n) is 3.05. The van der Waals surface area contributed by atoms with Crippen LogP contribution in [0.25, 0.3) is 22.2 Å². The van der Waals surface area contributed by atoms with Crippen molar-refractivity contribution in [3.05, 3.63) is 60.2 Å². The summed E-state index contributed by atoms with van der Waals surface area (Å²) in [4.78, 5) is 16.0. The van der Waals surface area contributed by atoms with Gasteiger partial charge in [0.25, 0.3) is 0 Å². The molecule has 21 heavy (non-hydrogen) atoms. The fourth-order valence-electron chi connectivity index (χ4n) is 2.04. The van der Waals surface area contributed by atoms with Crippen molar-refractivity contribution < 1.29 is 0 Å². The highest BCUT2D eigenvalue weighted by Gasteiger charge is 2.05. The van der Waals surface area contributed by atoms with E-state index in [1.54, 1.807) is 24.2 Å². The molecule has 0 saturated heterocycles. The molecule has 5 heteroatoms. The molecule has 0 unspecified atom stereocenters. The number of aliphatic imine (C=N–C) groups is 1. The number of nitrogens with one attached hydrogen (secondary N) is 1. The van der Waals surface area contributed by atoms with Crippen molar-refractivity contribution in [3.8, 4) is 11.1 Å². The maximum atomic E-state index is 4.46. The molecule has 0 amide bonds. The van der Waals surface area contributed by atoms with E-state index in [1.165, 1.54) is 0 Å². The Morgan fingerprint density at radius 2 is 2.24 bits per heavy atom. The second-order valence-electron chi connectivity index (χ2n) is 4.40. The SMILES string of the molecule is CS/C=C\N=Cc1c[nH]c2ncc(-c3cccnc3)cc12. The highest BCUT2D eigenvalue weighted by atomic mass is 32.2. The topological polar surface area (TPSA) is 53.9 Å². The fourth-order valence-corrected chi connectivity index (χ4v) is 2.23. The molecule has 0 radical (unpaired) electrons. The third kappa shape index (κ3) is 3.03. The first-order chi connectivity index (χ1) is 10.4. The van der Waals surface area contributed by atoms with Crippen LogP contribution >= 0.6 is 11.8 Å². The summed E-state index contributed by atoms with van der Waals surface area (Å²) in [6.45, 7) is 0. The number of H-pyrrole nitrogens is 1. The number of thioether (sulfide) groups is 1. The summed E-state index contributed by atoms with van der Waals surface area (Å²) in [6.07, 6.45) is 13.0. The van der Waals surface area contributed by atoms with Gasteiger partial charge in [-0.05, 0) is 23.8 Å². The van der Waals surface area contributed by atoms with Crippen LogP contribution in [0.1, 0.15) is 5.56 Å². The van der Waals surface area contributed by atoms with Crippen LogP contribution in [0.5, 0.6) is 0 Å². The zero-order valence-corrected chi connectivity index (χ0v) is 12.3. The highest BCUT2D eigenvalue weighted by Crippen LogP contribution is 2.23. The molecule has 3 heterocycles. The zero-order valence-electron chi connectivity index (χ0n) is 11.5. The van der Waals surface area contributed by atoms with E-state index in [2.05, 4.69) is 26.0 Å². The van der Waals surface area contributed by atoms with Gasteiger partial charge in [0.1, 0.15) is 5.65 Å². The molecule has 3 aromatic rings. The predicted octanol–water partition coefficient (Wildman–Crippen LogP) is 3.88. The fraction of sp³-hybridized carbons (Fsp3) is 0.0625. The highest BCUT2D eigenvalue weighted by molar-refractivity contribution is 8.01. The molecular weight excluding hydrogens is 280 g/mol. The Morgan fingerprint density at radius 3 is 3.05 bits per heavy atom. The minimum Gasteiger partial charge on any atom is -0.345 e. The van der Waals surface area contributed by atoms with E-state index in [-0.39, 0.29) is 0 Å². The van der Waals surface area contributed by atoms with E-state index < -0.39 is 0 Å². The van der Waals surface area contributed by atoms with Crippen molar-refractivity contribution in [2.45, 2.75) is 0 Å². The Morgan fingerprint density at radius 1 is 1.29 bits per heavy atom. The van der Waals surface area contributed by atoms with Crippen LogP contribution in [0.3, 0.4) is 0 Å². The van der Waals surface area contributed by atoms with Gasteiger partial charge in [-0.15, -0.1) is 11.8 Å². The second kappa shape index (κ2) is 6.37. The largest absolute Gasteiger partial charge is 0.345 e. The van der Waals surface area contributed by atoms with E-state index in [9.17, 15) is 0 Å². The number of fused-ring (bicyclic) bond motifs is 1. The maximum absolute atomic E-state index is 4.46. The number of rotatable bonds is 4. The van der Waals surface area contributed by atoms with Crippen LogP contribution in [-0.2, 0) is 0 Å². The van der Waals surface area contributed by atoms with E-state index in [0.717, 1.165) is 27.7 Å². The molecule has 3 aromatic heterocycles. The second-order valence-corrected chi connectivity index (χ2v) is 5.15. The molecule has 0 saturated carbocycles. The van der Waals surface area contributed by atoms with Gasteiger partial charge >= 0.3 is 0 Å². The summed E-state index contributed by atoms with van der Waals surface area (Å²) in [6, 6.07) is 6.05. The van der Waals surface area contributed by atoms with Crippen LogP contribution in [0, 0.1) is 0 Å². The lowest BCUT2D eigenvalue weighted by Gasteiger charge is -2.00. The maximum Gasteiger partial charge on any atom is 0.137 e. The molecule has 104 valence electrons. The summed E-state index contributed by atoms with van der Waals surface area (Å²) >= 11 is 1.62. The minimum atomic E-state index is 0.859. The van der Waals surface area contributed by atoms with Gasteiger partial charge in [0, 0.05) is 59.3 Å². The summed E-state index contributed by atoms with van der Waals surface area (Å²) in [5, 5.41) is 2.99. The van der Waals surface area contributed by atoms with Gasteiger partial charge in [0.05, 0.1) is 0 Å². The number of aromatic nitrogens is 3. The molecule has 3 rings (SSSR count). The van der Waals surface area contributed by atoms with Gasteiger partial charge in [-0.2, -0.15) is 0 Å². The Kier molecular flexibility index (Phi) is 4.12. The first-order valence-electron chi connectivity index (χ1n) is 6.47. The number of pyridine rings is 2. The molecular formula is C16H14N4S. The van der Waals surface area contributed by atoms with Crippen molar-refractivity contribution in [1.29, 1.82) is 0 Å². The molecule has 0 spiro atoms. The lowest BCUT2D eigenvalue weighted by Crippen LogP contribution is -1.84. The summed E-state index contributed by atoms with van der Waals surface area (Å²) in [5.74, 6) is 0. The lowest BCUT2D eigenvalue weighted by molar-refractivity contribution is 1.30. The number of aromatic amines is 1. The number of hydrogen-bond donors (Lipinski definition) is 1. The molecule has 0 aliphatic carbocycles. The third-order valence-corrected chi connectivity index (χ3v) is 3.45. The summed E-state index contributed by atoms with van der Waals surface area (Å²) < 4.78 is 0. The van der Waals surface area contributed by atoms with Crippen LogP contribution in [0.15, 0.2) is 59.6 Å². The van der Waals surface area contributed by atoms with Crippen molar-refractivity contribution in [2.24, 2.45) is 4.99 Å². The van der Waals surface area contributed by atoms with Crippen molar-refractivity contribution in [2.75, 3.05) is 6.26 Å². The number of hydrogen-bond acceptors (Lipinski definition) is 4. The molecule has 4 nitrogen and oxygen atoms in total. The average molecular weight is 294 g/mol. The van der Waals surface area contributed by atoms with E-state index in [4.69, 9.17) is 0 Å². The first-order valence-corrected chi connectivity index (χ1v) is 7.76. The van der Waals surface area contributed by atoms with Gasteiger partial charge in [-0.25, -0.2) is 4.98 Å². The lowest BCUT2D eigenvalue weighted by atomic mass is 10.1. The van der Waals surface area contributed by atoms with Crippen LogP contribution in [0.2, 0.25) is 0 Å². The Balaban J connectivity index is 2.00. The predicted molar refractivity (Wildman–Crippen MR) is 89.6 cm³/mol. The van der Waals surface area contributed by atoms with E-state index in [1.807, 2.05) is 48.6 Å². The van der Waals surface area contributed by atoms with Crippen LogP contribution < -0.4 is 0 Å². The van der Waals surface area contributed by atoms with Gasteiger partial charge in [-0.1, -0.05) is 6.07 Å². The monoisotopic (exact) mass is 294 g/mol. The Hall–Kier alpha value is -2.40. The molecule has 0 aliphatic rings. The molecule has 0 fully saturated rings. The van der Waals surface area contributed by atoms with Gasteiger partial charge in [0.15, 0.2) is 0 Å². The van der Waals surface area contributed by atoms with E-state index >= 15 is 0 Å². The molecule has 0 bridgehead atoms. The Bertz CT molecular complexity index is 790. The van der Waals surface area contributed by atoms with Gasteiger partial charge < -0.3 is 4.98 Å². The Labute approximate surface area is 127 Å². The molecule has 0 atom stereocenters. The van der Waals surface area contributed by atoms with Gasteiger partial charge in [-0.3, -0.25) is 9.98 Å². The smallest absolute Gasteiger partial charge is 0.137 e. The molecule has 0 aromatic carbocycles. The standard InChI is InChI=1S/C16H14N4S/c1-21-6-5-18-9-14-11-20-16-15(14)7-13(10-19-16)12-3-2-4-17-8-12/h2-11H,1H3,(H,19,20)/b6-5-,18-9?. The van der Waals surface area contributed by atoms with Gasteiger partial charge in [0.2, 0.25) is 0 Å². The summed E-state index contributed by atoms with van der Waals surface area (Å²) in [7, 11) is 0. The van der Waals surface area contributed by atoms with Crippen molar-refractivity contribution in [3.63, 3.8) is 0 Å². The van der Waals surface area contributed by atoms with Crippen molar-refractivity contribution in [1.82, 2.24) is 15.0 Å². The number of nitrogens with zero attached hydrogens (tertiary/aromatic N) is 3.